The summed E-state index contributed by atoms with van der Waals surface area (Å²) < 4.78 is 39.1. The van der Waals surface area contributed by atoms with Gasteiger partial charge in [-0.2, -0.15) is 0 Å². The summed E-state index contributed by atoms with van der Waals surface area (Å²) in [7, 11) is -2.08. The van der Waals surface area contributed by atoms with Crippen LogP contribution in [0.2, 0.25) is 0 Å². The highest BCUT2D eigenvalue weighted by Gasteiger charge is 2.49. The van der Waals surface area contributed by atoms with E-state index in [1.165, 1.54) is 7.11 Å². The van der Waals surface area contributed by atoms with Gasteiger partial charge >= 0.3 is 0 Å². The average Bonchev–Trinajstić information content (AvgIpc) is 2.52. The highest BCUT2D eigenvalue weighted by molar-refractivity contribution is 7.89. The zero-order valence-corrected chi connectivity index (χ0v) is 13.9. The predicted octanol–water partition coefficient (Wildman–Crippen LogP) is 2.24. The van der Waals surface area contributed by atoms with Crippen molar-refractivity contribution in [3.8, 4) is 5.75 Å². The van der Waals surface area contributed by atoms with Crippen molar-refractivity contribution in [2.45, 2.75) is 43.5 Å². The van der Waals surface area contributed by atoms with E-state index in [4.69, 9.17) is 9.47 Å². The Hall–Kier alpha value is -1.11. The number of sulfonamides is 1. The van der Waals surface area contributed by atoms with Crippen molar-refractivity contribution in [1.82, 2.24) is 4.72 Å². The lowest BCUT2D eigenvalue weighted by Crippen LogP contribution is -2.57. The lowest BCUT2D eigenvalue weighted by atomic mass is 9.60. The second-order valence-corrected chi connectivity index (χ2v) is 8.02. The van der Waals surface area contributed by atoms with E-state index >= 15 is 0 Å². The van der Waals surface area contributed by atoms with Crippen LogP contribution in [-0.4, -0.2) is 34.8 Å². The summed E-state index contributed by atoms with van der Waals surface area (Å²) in [5, 5.41) is 0. The molecule has 1 aliphatic heterocycles. The molecule has 1 heterocycles. The van der Waals surface area contributed by atoms with E-state index in [2.05, 4.69) is 4.72 Å². The van der Waals surface area contributed by atoms with Gasteiger partial charge in [0.05, 0.1) is 7.11 Å². The van der Waals surface area contributed by atoms with Gasteiger partial charge in [-0.15, -0.1) is 0 Å². The minimum Gasteiger partial charge on any atom is -0.495 e. The summed E-state index contributed by atoms with van der Waals surface area (Å²) in [6, 6.07) is 5.22. The van der Waals surface area contributed by atoms with Gasteiger partial charge in [0, 0.05) is 19.3 Å². The maximum absolute atomic E-state index is 12.8. The summed E-state index contributed by atoms with van der Waals surface area (Å²) >= 11 is 0. The van der Waals surface area contributed by atoms with Crippen molar-refractivity contribution in [2.24, 2.45) is 5.41 Å². The Bertz CT molecular complexity index is 650. The summed E-state index contributed by atoms with van der Waals surface area (Å²) in [5.74, 6) is 0.387. The maximum atomic E-state index is 12.8. The van der Waals surface area contributed by atoms with Gasteiger partial charge in [-0.1, -0.05) is 6.07 Å². The molecule has 2 fully saturated rings. The Morgan fingerprint density at radius 1 is 1.27 bits per heavy atom. The number of nitrogens with one attached hydrogen (secondary N) is 1. The summed E-state index contributed by atoms with van der Waals surface area (Å²) in [6.45, 7) is 3.33. The van der Waals surface area contributed by atoms with Crippen LogP contribution in [0.4, 0.5) is 0 Å². The topological polar surface area (TPSA) is 64.6 Å². The van der Waals surface area contributed by atoms with Crippen LogP contribution in [0.1, 0.15) is 31.2 Å². The number of hydrogen-bond acceptors (Lipinski definition) is 4. The molecule has 1 aromatic carbocycles. The maximum Gasteiger partial charge on any atom is 0.244 e. The Labute approximate surface area is 132 Å². The van der Waals surface area contributed by atoms with Crippen LogP contribution in [0.3, 0.4) is 0 Å². The molecule has 1 saturated carbocycles. The Morgan fingerprint density at radius 2 is 2.00 bits per heavy atom. The molecule has 0 bridgehead atoms. The van der Waals surface area contributed by atoms with Gasteiger partial charge in [0.25, 0.3) is 0 Å². The zero-order valence-electron chi connectivity index (χ0n) is 13.1. The van der Waals surface area contributed by atoms with Crippen molar-refractivity contribution < 1.29 is 17.9 Å². The molecule has 1 saturated heterocycles. The van der Waals surface area contributed by atoms with Crippen LogP contribution >= 0.6 is 0 Å². The first kappa shape index (κ1) is 15.8. The number of hydrogen-bond donors (Lipinski definition) is 1. The lowest BCUT2D eigenvalue weighted by molar-refractivity contribution is -0.0483. The highest BCUT2D eigenvalue weighted by atomic mass is 32.2. The zero-order chi connectivity index (χ0) is 15.8. The second kappa shape index (κ2) is 5.83. The van der Waals surface area contributed by atoms with Crippen LogP contribution in [0.15, 0.2) is 23.1 Å². The molecule has 122 valence electrons. The normalized spacial score (nSPS) is 24.0. The smallest absolute Gasteiger partial charge is 0.244 e. The van der Waals surface area contributed by atoms with E-state index in [1.807, 2.05) is 13.0 Å². The molecule has 22 heavy (non-hydrogen) atoms. The third-order valence-corrected chi connectivity index (χ3v) is 6.56. The SMILES string of the molecule is COc1ccc(C)cc1S(=O)(=O)NC1CCC12CCOCC2. The van der Waals surface area contributed by atoms with Gasteiger partial charge < -0.3 is 9.47 Å². The van der Waals surface area contributed by atoms with E-state index in [1.54, 1.807) is 12.1 Å². The molecule has 0 radical (unpaired) electrons. The molecule has 1 atom stereocenters. The average molecular weight is 325 g/mol. The van der Waals surface area contributed by atoms with Gasteiger partial charge in [0.1, 0.15) is 10.6 Å². The lowest BCUT2D eigenvalue weighted by Gasteiger charge is -2.51. The van der Waals surface area contributed by atoms with Gasteiger partial charge in [0.15, 0.2) is 0 Å². The van der Waals surface area contributed by atoms with E-state index in [0.29, 0.717) is 5.75 Å². The first-order valence-corrected chi connectivity index (χ1v) is 9.20. The second-order valence-electron chi connectivity index (χ2n) is 6.34. The van der Waals surface area contributed by atoms with Gasteiger partial charge in [-0.05, 0) is 55.7 Å². The fourth-order valence-electron chi connectivity index (χ4n) is 3.50. The monoisotopic (exact) mass is 325 g/mol. The summed E-state index contributed by atoms with van der Waals surface area (Å²) in [4.78, 5) is 0.226. The van der Waals surface area contributed by atoms with E-state index < -0.39 is 10.0 Å². The molecule has 5 nitrogen and oxygen atoms in total. The number of rotatable bonds is 4. The van der Waals surface area contributed by atoms with Crippen molar-refractivity contribution in [3.63, 3.8) is 0 Å². The molecular formula is C16H23NO4S. The van der Waals surface area contributed by atoms with E-state index in [9.17, 15) is 8.42 Å². The van der Waals surface area contributed by atoms with Crippen molar-refractivity contribution >= 4 is 10.0 Å². The fourth-order valence-corrected chi connectivity index (χ4v) is 5.13. The van der Waals surface area contributed by atoms with Crippen LogP contribution in [0, 0.1) is 12.3 Å². The first-order valence-electron chi connectivity index (χ1n) is 7.72. The van der Waals surface area contributed by atoms with Gasteiger partial charge in [-0.3, -0.25) is 0 Å². The van der Waals surface area contributed by atoms with Crippen molar-refractivity contribution in [2.75, 3.05) is 20.3 Å². The molecule has 0 aromatic heterocycles. The first-order chi connectivity index (χ1) is 10.5. The number of ether oxygens (including phenoxy) is 2. The molecule has 0 amide bonds. The Morgan fingerprint density at radius 3 is 2.59 bits per heavy atom. The van der Waals surface area contributed by atoms with Crippen LogP contribution in [-0.2, 0) is 14.8 Å². The molecule has 6 heteroatoms. The van der Waals surface area contributed by atoms with Crippen LogP contribution < -0.4 is 9.46 Å². The Balaban J connectivity index is 1.84. The third-order valence-electron chi connectivity index (χ3n) is 5.06. The molecule has 1 N–H and O–H groups in total. The van der Waals surface area contributed by atoms with E-state index in [-0.39, 0.29) is 16.4 Å². The number of aryl methyl sites for hydroxylation is 1. The number of methoxy groups -OCH3 is 1. The highest BCUT2D eigenvalue weighted by Crippen LogP contribution is 2.49. The van der Waals surface area contributed by atoms with Crippen LogP contribution in [0.25, 0.3) is 0 Å². The minimum atomic E-state index is -3.58. The van der Waals surface area contributed by atoms with Crippen molar-refractivity contribution in [1.29, 1.82) is 0 Å². The molecular weight excluding hydrogens is 302 g/mol. The van der Waals surface area contributed by atoms with Gasteiger partial charge in [-0.25, -0.2) is 13.1 Å². The summed E-state index contributed by atoms with van der Waals surface area (Å²) in [5.41, 5.74) is 0.984. The molecule has 1 unspecified atom stereocenters. The quantitative estimate of drug-likeness (QED) is 0.922. The fraction of sp³-hybridized carbons (Fsp3) is 0.625. The standard InChI is InChI=1S/C16H23NO4S/c1-12-3-4-13(20-2)14(11-12)22(18,19)17-15-5-6-16(15)7-9-21-10-8-16/h3-4,11,15,17H,5-10H2,1-2H3. The van der Waals surface area contributed by atoms with Crippen LogP contribution in [0.5, 0.6) is 5.75 Å². The molecule has 1 spiro atoms. The molecule has 2 aliphatic rings. The Kier molecular flexibility index (Phi) is 4.18. The minimum absolute atomic E-state index is 0.00613. The molecule has 3 rings (SSSR count). The van der Waals surface area contributed by atoms with E-state index in [0.717, 1.165) is 44.5 Å². The van der Waals surface area contributed by atoms with Gasteiger partial charge in [0.2, 0.25) is 10.0 Å². The summed E-state index contributed by atoms with van der Waals surface area (Å²) in [6.07, 6.45) is 3.85. The predicted molar refractivity (Wildman–Crippen MR) is 83.6 cm³/mol. The largest absolute Gasteiger partial charge is 0.495 e. The number of benzene rings is 1. The van der Waals surface area contributed by atoms with Crippen molar-refractivity contribution in [3.05, 3.63) is 23.8 Å². The molecule has 1 aromatic rings. The molecule has 1 aliphatic carbocycles. The third kappa shape index (κ3) is 2.75.